The second-order valence-corrected chi connectivity index (χ2v) is 29.8. The Morgan fingerprint density at radius 3 is 1.20 bits per heavy atom. The standard InChI is InChI=1S/C28H43FO2.2C25H39FO2/c1-9-10-11-12-13-28(7,8)22-14-20(5)27(26(16-22)31-21(6)30)24-15-19(4)25(29)17-23(24)18(2)3;1-7-8-9-10-11-25(5,6)18-13-22(27)24(23(28)14-18)20-12-17(4)21(26)15-19(20)16(2)3;1-6-7-8-9-12-25(4,5)19-14-22(27)24(23(28)15-19)21-13-18(16-26)10-11-20(21)17(2)3/h14-16,18,23-25H,9-13,17H2,1-8H3;12-14,16,19-21,27-28H,7-11,15H2,1-6H3;13-15,17,20-21,27-28H,6-12,16H2,1-5H3/t23-,24?,25?;19-,20?,21?;/m00./s1. The molecular formula is C78H121F3O6. The number of benzene rings is 3. The first kappa shape index (κ1) is 74.8. The van der Waals surface area contributed by atoms with Crippen LogP contribution in [0.25, 0.3) is 0 Å². The molecule has 0 bridgehead atoms. The number of hydrogen-bond acceptors (Lipinski definition) is 6. The fourth-order valence-corrected chi connectivity index (χ4v) is 14.2. The van der Waals surface area contributed by atoms with E-state index in [1.165, 1.54) is 76.7 Å². The smallest absolute Gasteiger partial charge is 0.308 e. The van der Waals surface area contributed by atoms with E-state index in [1.54, 1.807) is 6.92 Å². The van der Waals surface area contributed by atoms with Gasteiger partial charge in [-0.25, -0.2) is 13.2 Å². The molecule has 0 spiro atoms. The van der Waals surface area contributed by atoms with E-state index in [2.05, 4.69) is 129 Å². The van der Waals surface area contributed by atoms with Gasteiger partial charge >= 0.3 is 5.97 Å². The molecule has 6 unspecified atom stereocenters. The van der Waals surface area contributed by atoms with Gasteiger partial charge in [0.1, 0.15) is 47.8 Å². The minimum Gasteiger partial charge on any atom is -0.507 e. The minimum absolute atomic E-state index is 0.00569. The zero-order valence-corrected chi connectivity index (χ0v) is 57.9. The summed E-state index contributed by atoms with van der Waals surface area (Å²) in [6.07, 6.45) is 24.4. The van der Waals surface area contributed by atoms with E-state index in [0.29, 0.717) is 53.0 Å². The molecule has 4 N–H and O–H groups in total. The van der Waals surface area contributed by atoms with Gasteiger partial charge in [0.2, 0.25) is 0 Å². The number of hydrogen-bond donors (Lipinski definition) is 4. The summed E-state index contributed by atoms with van der Waals surface area (Å²) in [5, 5.41) is 43.5. The van der Waals surface area contributed by atoms with Crippen LogP contribution >= 0.6 is 0 Å². The van der Waals surface area contributed by atoms with Gasteiger partial charge in [-0.1, -0.05) is 205 Å². The van der Waals surface area contributed by atoms with E-state index in [1.807, 2.05) is 43.3 Å². The second kappa shape index (κ2) is 34.0. The molecule has 0 heterocycles. The number of rotatable bonds is 26. The van der Waals surface area contributed by atoms with E-state index in [-0.39, 0.29) is 80.7 Å². The van der Waals surface area contributed by atoms with Crippen molar-refractivity contribution >= 4 is 5.97 Å². The summed E-state index contributed by atoms with van der Waals surface area (Å²) in [5.74, 6) is 2.19. The predicted molar refractivity (Wildman–Crippen MR) is 360 cm³/mol. The number of aromatic hydroxyl groups is 4. The fraction of sp³-hybridized carbons (Fsp3) is 0.679. The SMILES string of the molecule is CCCCCCC(C)(C)c1cc(C)c(C2C=C(C)C(F)C[C@H]2C(C)C)c(OC(C)=O)c1.CCCCCCC(C)(C)c1cc(O)c(C2C=C(C)C(F)C[C@H]2C(C)C)c(O)c1.CCCCCCC(C)(C)c1cc(O)c(C2C=C(CF)CCC2C(C)C)c(O)c1. The number of carbonyl (C=O) groups excluding carboxylic acids is 1. The van der Waals surface area contributed by atoms with E-state index in [9.17, 15) is 38.4 Å². The molecule has 6 nitrogen and oxygen atoms in total. The van der Waals surface area contributed by atoms with Crippen LogP contribution in [0.3, 0.4) is 0 Å². The van der Waals surface area contributed by atoms with Gasteiger partial charge in [-0.3, -0.25) is 4.79 Å². The van der Waals surface area contributed by atoms with Gasteiger partial charge in [0.15, 0.2) is 0 Å². The lowest BCUT2D eigenvalue weighted by Crippen LogP contribution is -2.28. The average molecular weight is 1210 g/mol. The molecule has 0 saturated heterocycles. The van der Waals surface area contributed by atoms with Crippen molar-refractivity contribution < 1.29 is 43.1 Å². The van der Waals surface area contributed by atoms with Gasteiger partial charge < -0.3 is 25.2 Å². The van der Waals surface area contributed by atoms with Crippen molar-refractivity contribution in [3.8, 4) is 28.7 Å². The summed E-state index contributed by atoms with van der Waals surface area (Å²) in [6, 6.07) is 11.6. The van der Waals surface area contributed by atoms with Crippen LogP contribution in [0, 0.1) is 42.4 Å². The van der Waals surface area contributed by atoms with E-state index in [0.717, 1.165) is 78.3 Å². The molecular weight excluding hydrogens is 1090 g/mol. The first-order valence-electron chi connectivity index (χ1n) is 34.1. The van der Waals surface area contributed by atoms with Crippen molar-refractivity contribution in [2.75, 3.05) is 6.67 Å². The molecule has 0 aliphatic heterocycles. The highest BCUT2D eigenvalue weighted by atomic mass is 19.1. The average Bonchev–Trinajstić information content (AvgIpc) is 0.942. The molecule has 0 radical (unpaired) electrons. The Kier molecular flexibility index (Phi) is 29.2. The molecule has 6 rings (SSSR count). The number of phenols is 4. The van der Waals surface area contributed by atoms with Gasteiger partial charge in [-0.15, -0.1) is 0 Å². The number of alkyl halides is 3. The molecule has 9 heteroatoms. The van der Waals surface area contributed by atoms with Gasteiger partial charge in [-0.2, -0.15) is 0 Å². The Morgan fingerprint density at radius 1 is 0.517 bits per heavy atom. The van der Waals surface area contributed by atoms with Crippen molar-refractivity contribution in [3.63, 3.8) is 0 Å². The first-order valence-corrected chi connectivity index (χ1v) is 34.1. The first-order chi connectivity index (χ1) is 40.8. The van der Waals surface area contributed by atoms with Crippen molar-refractivity contribution in [2.24, 2.45) is 35.5 Å². The van der Waals surface area contributed by atoms with E-state index in [4.69, 9.17) is 4.74 Å². The number of esters is 1. The number of phenolic OH excluding ortho intramolecular Hbond substituents is 4. The van der Waals surface area contributed by atoms with Crippen LogP contribution in [0.1, 0.15) is 303 Å². The van der Waals surface area contributed by atoms with Crippen LogP contribution in [0.5, 0.6) is 28.7 Å². The van der Waals surface area contributed by atoms with E-state index >= 15 is 0 Å². The molecule has 0 saturated carbocycles. The van der Waals surface area contributed by atoms with Crippen LogP contribution in [0.15, 0.2) is 71.3 Å². The quantitative estimate of drug-likeness (QED) is 0.0276. The highest BCUT2D eigenvalue weighted by Crippen LogP contribution is 2.52. The Labute approximate surface area is 527 Å². The minimum atomic E-state index is -0.936. The lowest BCUT2D eigenvalue weighted by Gasteiger charge is -2.36. The number of ether oxygens (including phenoxy) is 1. The number of halogens is 3. The van der Waals surface area contributed by atoms with E-state index < -0.39 is 19.0 Å². The van der Waals surface area contributed by atoms with Crippen LogP contribution in [0.4, 0.5) is 13.2 Å². The highest BCUT2D eigenvalue weighted by Gasteiger charge is 2.39. The maximum atomic E-state index is 14.5. The summed E-state index contributed by atoms with van der Waals surface area (Å²) in [6.45, 7) is 39.5. The van der Waals surface area contributed by atoms with Gasteiger partial charge in [0, 0.05) is 41.4 Å². The lowest BCUT2D eigenvalue weighted by atomic mass is 9.69. The second-order valence-electron chi connectivity index (χ2n) is 29.8. The zero-order valence-electron chi connectivity index (χ0n) is 57.9. The number of unbranched alkanes of at least 4 members (excludes halogenated alkanes) is 9. The van der Waals surface area contributed by atoms with Gasteiger partial charge in [0.05, 0.1) is 0 Å². The van der Waals surface area contributed by atoms with Crippen LogP contribution < -0.4 is 4.74 Å². The summed E-state index contributed by atoms with van der Waals surface area (Å²) < 4.78 is 47.9. The monoisotopic (exact) mass is 1210 g/mol. The zero-order chi connectivity index (χ0) is 65.3. The third-order valence-electron chi connectivity index (χ3n) is 20.4. The maximum absolute atomic E-state index is 14.5. The topological polar surface area (TPSA) is 107 Å². The highest BCUT2D eigenvalue weighted by molar-refractivity contribution is 5.71. The summed E-state index contributed by atoms with van der Waals surface area (Å²) in [5.41, 5.74) is 8.49. The Bertz CT molecular complexity index is 2610. The predicted octanol–water partition coefficient (Wildman–Crippen LogP) is 23.0. The summed E-state index contributed by atoms with van der Waals surface area (Å²) in [4.78, 5) is 12.0. The summed E-state index contributed by atoms with van der Waals surface area (Å²) in [7, 11) is 0. The maximum Gasteiger partial charge on any atom is 0.308 e. The largest absolute Gasteiger partial charge is 0.507 e. The third-order valence-corrected chi connectivity index (χ3v) is 20.4. The molecule has 0 fully saturated rings. The number of aryl methyl sites for hydroxylation is 1. The third kappa shape index (κ3) is 20.7. The molecule has 3 aliphatic carbocycles. The van der Waals surface area contributed by atoms with Crippen LogP contribution in [-0.4, -0.2) is 45.4 Å². The van der Waals surface area contributed by atoms with Crippen molar-refractivity contribution in [3.05, 3.63) is 110 Å². The molecule has 490 valence electrons. The molecule has 87 heavy (non-hydrogen) atoms. The Balaban J connectivity index is 0.000000280. The lowest BCUT2D eigenvalue weighted by molar-refractivity contribution is -0.132. The van der Waals surface area contributed by atoms with Gasteiger partial charge in [-0.05, 0) is 187 Å². The molecule has 3 aliphatic rings. The molecule has 0 amide bonds. The van der Waals surface area contributed by atoms with Crippen LogP contribution in [-0.2, 0) is 21.0 Å². The summed E-state index contributed by atoms with van der Waals surface area (Å²) >= 11 is 0. The van der Waals surface area contributed by atoms with Crippen molar-refractivity contribution in [1.29, 1.82) is 0 Å². The molecule has 0 aromatic heterocycles. The Morgan fingerprint density at radius 2 is 0.862 bits per heavy atom. The Hall–Kier alpha value is -4.66. The van der Waals surface area contributed by atoms with Crippen molar-refractivity contribution in [1.82, 2.24) is 0 Å². The molecule has 8 atom stereocenters. The van der Waals surface area contributed by atoms with Crippen LogP contribution in [0.2, 0.25) is 0 Å². The fourth-order valence-electron chi connectivity index (χ4n) is 14.2. The molecule has 3 aromatic carbocycles. The number of carbonyl (C=O) groups is 1. The number of allylic oxidation sites excluding steroid dienone is 6. The molecule has 3 aromatic rings. The normalized spacial score (nSPS) is 21.8. The van der Waals surface area contributed by atoms with Gasteiger partial charge in [0.25, 0.3) is 0 Å². The van der Waals surface area contributed by atoms with Crippen molar-refractivity contribution in [2.45, 2.75) is 300 Å².